The van der Waals surface area contributed by atoms with Crippen LogP contribution in [-0.4, -0.2) is 5.11 Å². The highest BCUT2D eigenvalue weighted by molar-refractivity contribution is 5.85. The van der Waals surface area contributed by atoms with Gasteiger partial charge in [0.1, 0.15) is 17.1 Å². The minimum atomic E-state index is -0.401. The zero-order chi connectivity index (χ0) is 15.5. The number of aromatic hydroxyl groups is 1. The molecule has 2 N–H and O–H groups in total. The molecular weight excluding hydrogens is 318 g/mol. The fourth-order valence-electron chi connectivity index (χ4n) is 2.52. The number of hydrogen-bond donors (Lipinski definition) is 2. The second-order valence-electron chi connectivity index (χ2n) is 5.07. The zero-order valence-corrected chi connectivity index (χ0v) is 13.5. The molecule has 0 atom stereocenters. The lowest BCUT2D eigenvalue weighted by Gasteiger charge is -2.10. The summed E-state index contributed by atoms with van der Waals surface area (Å²) in [5, 5.41) is 14.1. The van der Waals surface area contributed by atoms with Gasteiger partial charge in [0.05, 0.1) is 18.4 Å². The second-order valence-corrected chi connectivity index (χ2v) is 5.07. The summed E-state index contributed by atoms with van der Waals surface area (Å²) in [5.41, 5.74) is 1.54. The van der Waals surface area contributed by atoms with Gasteiger partial charge in [-0.05, 0) is 36.2 Å². The van der Waals surface area contributed by atoms with E-state index >= 15 is 0 Å². The molecule has 0 aliphatic rings. The number of benzene rings is 1. The average Bonchev–Trinajstić information content (AvgIpc) is 3.02. The van der Waals surface area contributed by atoms with Gasteiger partial charge in [0, 0.05) is 18.0 Å². The molecule has 5 nitrogen and oxygen atoms in total. The molecule has 3 aromatic rings. The molecule has 0 fully saturated rings. The van der Waals surface area contributed by atoms with Crippen LogP contribution in [0.25, 0.3) is 11.0 Å². The molecule has 2 aromatic heterocycles. The summed E-state index contributed by atoms with van der Waals surface area (Å²) >= 11 is 0. The molecule has 0 radical (unpaired) electrons. The summed E-state index contributed by atoms with van der Waals surface area (Å²) in [6.07, 6.45) is 2.34. The van der Waals surface area contributed by atoms with Gasteiger partial charge in [0.2, 0.25) is 0 Å². The fraction of sp³-hybridized carbons (Fsp3) is 0.235. The molecule has 122 valence electrons. The minimum Gasteiger partial charge on any atom is -0.507 e. The second kappa shape index (κ2) is 7.35. The first kappa shape index (κ1) is 17.1. The van der Waals surface area contributed by atoms with E-state index in [0.717, 1.165) is 23.1 Å². The van der Waals surface area contributed by atoms with Crippen molar-refractivity contribution in [3.8, 4) is 5.75 Å². The van der Waals surface area contributed by atoms with Gasteiger partial charge < -0.3 is 19.3 Å². The average molecular weight is 336 g/mol. The van der Waals surface area contributed by atoms with Gasteiger partial charge in [-0.15, -0.1) is 12.4 Å². The highest BCUT2D eigenvalue weighted by atomic mass is 35.5. The van der Waals surface area contributed by atoms with Crippen LogP contribution in [0.15, 0.2) is 50.2 Å². The number of fused-ring (bicyclic) bond motifs is 1. The molecule has 23 heavy (non-hydrogen) atoms. The molecule has 6 heteroatoms. The maximum atomic E-state index is 11.7. The third-order valence-electron chi connectivity index (χ3n) is 3.64. The highest BCUT2D eigenvalue weighted by Crippen LogP contribution is 2.28. The fourth-order valence-corrected chi connectivity index (χ4v) is 2.52. The Hall–Kier alpha value is -2.24. The SMILES string of the molecule is CCc1cc(=O)oc2c(CNCc3ccco3)c(O)ccc12.Cl. The van der Waals surface area contributed by atoms with Crippen molar-refractivity contribution >= 4 is 23.4 Å². The van der Waals surface area contributed by atoms with Crippen molar-refractivity contribution in [1.29, 1.82) is 0 Å². The van der Waals surface area contributed by atoms with Gasteiger partial charge in [-0.25, -0.2) is 4.79 Å². The quantitative estimate of drug-likeness (QED) is 0.699. The maximum absolute atomic E-state index is 11.7. The van der Waals surface area contributed by atoms with Crippen LogP contribution >= 0.6 is 12.4 Å². The van der Waals surface area contributed by atoms with Crippen molar-refractivity contribution in [2.75, 3.05) is 0 Å². The molecule has 0 amide bonds. The summed E-state index contributed by atoms with van der Waals surface area (Å²) < 4.78 is 10.6. The first-order valence-corrected chi connectivity index (χ1v) is 7.19. The first-order valence-electron chi connectivity index (χ1n) is 7.19. The normalized spacial score (nSPS) is 10.7. The minimum absolute atomic E-state index is 0. The number of nitrogens with one attached hydrogen (secondary N) is 1. The van der Waals surface area contributed by atoms with Gasteiger partial charge in [-0.1, -0.05) is 6.92 Å². The Morgan fingerprint density at radius 2 is 2.04 bits per heavy atom. The van der Waals surface area contributed by atoms with Crippen molar-refractivity contribution in [3.63, 3.8) is 0 Å². The van der Waals surface area contributed by atoms with Gasteiger partial charge >= 0.3 is 5.63 Å². The lowest BCUT2D eigenvalue weighted by molar-refractivity contribution is 0.452. The van der Waals surface area contributed by atoms with Crippen molar-refractivity contribution < 1.29 is 13.9 Å². The summed E-state index contributed by atoms with van der Waals surface area (Å²) in [4.78, 5) is 11.7. The van der Waals surface area contributed by atoms with Gasteiger partial charge in [-0.3, -0.25) is 0 Å². The predicted octanol–water partition coefficient (Wildman–Crippen LogP) is 3.37. The third-order valence-corrected chi connectivity index (χ3v) is 3.64. The van der Waals surface area contributed by atoms with Crippen LogP contribution in [0.1, 0.15) is 23.8 Å². The van der Waals surface area contributed by atoms with Crippen LogP contribution in [0.3, 0.4) is 0 Å². The largest absolute Gasteiger partial charge is 0.507 e. The Balaban J connectivity index is 0.00000192. The molecular formula is C17H18ClNO4. The van der Waals surface area contributed by atoms with Crippen LogP contribution in [0.4, 0.5) is 0 Å². The molecule has 2 heterocycles. The van der Waals surface area contributed by atoms with Crippen LogP contribution < -0.4 is 10.9 Å². The highest BCUT2D eigenvalue weighted by Gasteiger charge is 2.13. The van der Waals surface area contributed by atoms with Gasteiger partial charge in [0.25, 0.3) is 0 Å². The van der Waals surface area contributed by atoms with E-state index < -0.39 is 5.63 Å². The zero-order valence-electron chi connectivity index (χ0n) is 12.7. The number of furan rings is 1. The van der Waals surface area contributed by atoms with Crippen molar-refractivity contribution in [3.05, 3.63) is 63.9 Å². The number of hydrogen-bond acceptors (Lipinski definition) is 5. The topological polar surface area (TPSA) is 75.6 Å². The van der Waals surface area contributed by atoms with E-state index in [0.29, 0.717) is 24.2 Å². The van der Waals surface area contributed by atoms with E-state index in [1.165, 1.54) is 6.07 Å². The summed E-state index contributed by atoms with van der Waals surface area (Å²) in [6, 6.07) is 8.59. The molecule has 0 saturated heterocycles. The van der Waals surface area contributed by atoms with Gasteiger partial charge in [0.15, 0.2) is 0 Å². The van der Waals surface area contributed by atoms with Crippen LogP contribution in [0.5, 0.6) is 5.75 Å². The summed E-state index contributed by atoms with van der Waals surface area (Å²) in [6.45, 7) is 2.89. The van der Waals surface area contributed by atoms with E-state index in [9.17, 15) is 9.90 Å². The third kappa shape index (κ3) is 3.57. The standard InChI is InChI=1S/C17H17NO4.ClH/c1-2-11-8-16(20)22-17-13(11)5-6-15(19)14(17)10-18-9-12-4-3-7-21-12;/h3-8,18-19H,2,9-10H2,1H3;1H. The Kier molecular flexibility index (Phi) is 5.47. The van der Waals surface area contributed by atoms with Crippen molar-refractivity contribution in [2.24, 2.45) is 0 Å². The molecule has 1 aromatic carbocycles. The Bertz CT molecular complexity index is 840. The Morgan fingerprint density at radius 3 is 2.74 bits per heavy atom. The summed E-state index contributed by atoms with van der Waals surface area (Å²) in [7, 11) is 0. The predicted molar refractivity (Wildman–Crippen MR) is 90.0 cm³/mol. The molecule has 0 aliphatic carbocycles. The van der Waals surface area contributed by atoms with E-state index in [1.807, 2.05) is 19.1 Å². The van der Waals surface area contributed by atoms with E-state index in [2.05, 4.69) is 5.32 Å². The molecule has 0 aliphatic heterocycles. The number of phenols is 1. The molecule has 0 bridgehead atoms. The van der Waals surface area contributed by atoms with Crippen LogP contribution in [-0.2, 0) is 19.5 Å². The monoisotopic (exact) mass is 335 g/mol. The number of rotatable bonds is 5. The lowest BCUT2D eigenvalue weighted by Crippen LogP contribution is -2.13. The van der Waals surface area contributed by atoms with E-state index in [-0.39, 0.29) is 18.2 Å². The Labute approximate surface area is 139 Å². The summed E-state index contributed by atoms with van der Waals surface area (Å²) in [5.74, 6) is 0.909. The van der Waals surface area contributed by atoms with Crippen molar-refractivity contribution in [1.82, 2.24) is 5.32 Å². The number of phenolic OH excluding ortho intramolecular Hbond substituents is 1. The smallest absolute Gasteiger partial charge is 0.336 e. The van der Waals surface area contributed by atoms with E-state index in [4.69, 9.17) is 8.83 Å². The Morgan fingerprint density at radius 1 is 1.22 bits per heavy atom. The molecule has 0 unspecified atom stereocenters. The number of aryl methyl sites for hydroxylation is 1. The lowest BCUT2D eigenvalue weighted by atomic mass is 10.0. The molecule has 0 spiro atoms. The van der Waals surface area contributed by atoms with E-state index in [1.54, 1.807) is 18.4 Å². The maximum Gasteiger partial charge on any atom is 0.336 e. The molecule has 3 rings (SSSR count). The van der Waals surface area contributed by atoms with Crippen molar-refractivity contribution in [2.45, 2.75) is 26.4 Å². The van der Waals surface area contributed by atoms with Crippen LogP contribution in [0, 0.1) is 0 Å². The molecule has 0 saturated carbocycles. The first-order chi connectivity index (χ1) is 10.7. The van der Waals surface area contributed by atoms with Gasteiger partial charge in [-0.2, -0.15) is 0 Å². The number of halogens is 1. The van der Waals surface area contributed by atoms with Crippen LogP contribution in [0.2, 0.25) is 0 Å².